The van der Waals surface area contributed by atoms with Gasteiger partial charge in [0.2, 0.25) is 12.7 Å². The lowest BCUT2D eigenvalue weighted by Gasteiger charge is -2.47. The molecule has 2 heterocycles. The van der Waals surface area contributed by atoms with Gasteiger partial charge in [-0.3, -0.25) is 14.5 Å². The molecule has 0 saturated carbocycles. The molecule has 0 spiro atoms. The highest BCUT2D eigenvalue weighted by Crippen LogP contribution is 2.39. The Bertz CT molecular complexity index is 1180. The van der Waals surface area contributed by atoms with Crippen molar-refractivity contribution in [2.24, 2.45) is 11.3 Å². The number of fused-ring (bicyclic) bond motifs is 1. The first-order valence-corrected chi connectivity index (χ1v) is 12.0. The maximum atomic E-state index is 12.9. The molecule has 0 aromatic heterocycles. The van der Waals surface area contributed by atoms with Crippen molar-refractivity contribution in [3.8, 4) is 0 Å². The van der Waals surface area contributed by atoms with Crippen molar-refractivity contribution in [1.82, 2.24) is 4.90 Å². The van der Waals surface area contributed by atoms with Crippen LogP contribution in [0.1, 0.15) is 33.3 Å². The van der Waals surface area contributed by atoms with Crippen molar-refractivity contribution in [1.29, 1.82) is 0 Å². The molecular weight excluding hydrogens is 494 g/mol. The zero-order chi connectivity index (χ0) is 26.6. The second kappa shape index (κ2) is 10.8. The number of rotatable bonds is 7. The SMILES string of the molecule is CC1=C(C(=O)OCOC(=O)C(C)(C)C)N2C(=O)[C@H](COC(=O)OCc3ccccc3)[C@H]2S(=O)C1=[N+]=[N-]. The molecule has 192 valence electrons. The third-order valence-corrected chi connectivity index (χ3v) is 7.08. The van der Waals surface area contributed by atoms with E-state index in [9.17, 15) is 28.9 Å². The number of amides is 1. The van der Waals surface area contributed by atoms with Gasteiger partial charge in [-0.15, -0.1) is 0 Å². The van der Waals surface area contributed by atoms with E-state index in [1.165, 1.54) is 6.92 Å². The first-order valence-electron chi connectivity index (χ1n) is 10.8. The summed E-state index contributed by atoms with van der Waals surface area (Å²) in [5.41, 5.74) is 8.92. The average Bonchev–Trinajstić information content (AvgIpc) is 2.83. The Balaban J connectivity index is 1.66. The number of hydrogen-bond donors (Lipinski definition) is 0. The molecule has 3 rings (SSSR count). The summed E-state index contributed by atoms with van der Waals surface area (Å²) in [6, 6.07) is 8.86. The van der Waals surface area contributed by atoms with Crippen LogP contribution in [0.4, 0.5) is 4.79 Å². The van der Waals surface area contributed by atoms with Crippen LogP contribution in [-0.2, 0) is 50.7 Å². The lowest BCUT2D eigenvalue weighted by atomic mass is 9.96. The zero-order valence-electron chi connectivity index (χ0n) is 20.1. The van der Waals surface area contributed by atoms with Gasteiger partial charge in [0, 0.05) is 0 Å². The van der Waals surface area contributed by atoms with Gasteiger partial charge in [0.25, 0.3) is 0 Å². The van der Waals surface area contributed by atoms with E-state index >= 15 is 0 Å². The average molecular weight is 520 g/mol. The number of β-lactam (4-membered cyclic amide) rings is 1. The number of carbonyl (C=O) groups excluding carboxylic acids is 4. The van der Waals surface area contributed by atoms with Crippen LogP contribution in [0.15, 0.2) is 41.6 Å². The molecule has 1 fully saturated rings. The van der Waals surface area contributed by atoms with E-state index in [-0.39, 0.29) is 22.9 Å². The van der Waals surface area contributed by atoms with Gasteiger partial charge >= 0.3 is 23.1 Å². The molecule has 1 saturated heterocycles. The summed E-state index contributed by atoms with van der Waals surface area (Å²) < 4.78 is 32.8. The number of carbonyl (C=O) groups is 4. The normalized spacial score (nSPS) is 21.1. The van der Waals surface area contributed by atoms with E-state index in [1.807, 2.05) is 6.07 Å². The molecule has 2 aliphatic rings. The molecule has 13 heteroatoms. The van der Waals surface area contributed by atoms with Crippen LogP contribution in [-0.4, -0.2) is 61.7 Å². The third kappa shape index (κ3) is 5.52. The smallest absolute Gasteiger partial charge is 0.433 e. The Morgan fingerprint density at radius 1 is 1.08 bits per heavy atom. The molecule has 1 aromatic rings. The highest BCUT2D eigenvalue weighted by molar-refractivity contribution is 8.01. The number of esters is 2. The van der Waals surface area contributed by atoms with Crippen LogP contribution in [0.25, 0.3) is 5.53 Å². The van der Waals surface area contributed by atoms with Gasteiger partial charge in [-0.05, 0) is 33.3 Å². The summed E-state index contributed by atoms with van der Waals surface area (Å²) in [6.45, 7) is 4.96. The summed E-state index contributed by atoms with van der Waals surface area (Å²) in [5, 5.41) is -1.48. The molecule has 1 aromatic carbocycles. The van der Waals surface area contributed by atoms with E-state index < -0.39 is 64.9 Å². The van der Waals surface area contributed by atoms with E-state index in [2.05, 4.69) is 4.79 Å². The van der Waals surface area contributed by atoms with Crippen LogP contribution < -0.4 is 0 Å². The Morgan fingerprint density at radius 3 is 2.36 bits per heavy atom. The molecule has 36 heavy (non-hydrogen) atoms. The largest absolute Gasteiger partial charge is 0.508 e. The summed E-state index contributed by atoms with van der Waals surface area (Å²) in [6.07, 6.45) is -1.03. The van der Waals surface area contributed by atoms with Gasteiger partial charge in [-0.2, -0.15) is 4.79 Å². The van der Waals surface area contributed by atoms with Gasteiger partial charge in [-0.25, -0.2) is 13.8 Å². The Kier molecular flexibility index (Phi) is 8.06. The first-order chi connectivity index (χ1) is 17.0. The lowest BCUT2D eigenvalue weighted by Crippen LogP contribution is -2.67. The molecule has 0 aliphatic carbocycles. The topological polar surface area (TPSA) is 162 Å². The van der Waals surface area contributed by atoms with Gasteiger partial charge in [0.15, 0.2) is 10.8 Å². The first kappa shape index (κ1) is 26.8. The fourth-order valence-electron chi connectivity index (χ4n) is 3.41. The summed E-state index contributed by atoms with van der Waals surface area (Å²) in [5.74, 6) is -3.40. The second-order valence-corrected chi connectivity index (χ2v) is 10.4. The maximum absolute atomic E-state index is 12.9. The molecule has 1 amide bonds. The molecular formula is C23H25N3O9S. The van der Waals surface area contributed by atoms with Crippen molar-refractivity contribution < 1.29 is 47.1 Å². The molecule has 0 bridgehead atoms. The zero-order valence-corrected chi connectivity index (χ0v) is 20.9. The fraction of sp³-hybridized carbons (Fsp3) is 0.435. The van der Waals surface area contributed by atoms with Gasteiger partial charge in [0.05, 0.1) is 11.0 Å². The molecule has 12 nitrogen and oxygen atoms in total. The van der Waals surface area contributed by atoms with Crippen LogP contribution in [0.2, 0.25) is 0 Å². The Labute approximate surface area is 209 Å². The molecule has 2 aliphatic heterocycles. The van der Waals surface area contributed by atoms with E-state index in [1.54, 1.807) is 45.0 Å². The monoisotopic (exact) mass is 519 g/mol. The van der Waals surface area contributed by atoms with Gasteiger partial charge in [-0.1, -0.05) is 30.3 Å². The van der Waals surface area contributed by atoms with Crippen LogP contribution in [0.5, 0.6) is 0 Å². The van der Waals surface area contributed by atoms with Crippen LogP contribution in [0.3, 0.4) is 0 Å². The summed E-state index contributed by atoms with van der Waals surface area (Å²) >= 11 is 0. The van der Waals surface area contributed by atoms with Crippen molar-refractivity contribution in [2.75, 3.05) is 13.4 Å². The number of benzene rings is 1. The lowest BCUT2D eigenvalue weighted by molar-refractivity contribution is -0.174. The van der Waals surface area contributed by atoms with Crippen molar-refractivity contribution in [2.45, 2.75) is 39.7 Å². The predicted octanol–water partition coefficient (Wildman–Crippen LogP) is 1.88. The molecule has 0 N–H and O–H groups in total. The van der Waals surface area contributed by atoms with Crippen LogP contribution in [0, 0.1) is 11.3 Å². The minimum atomic E-state index is -2.04. The van der Waals surface area contributed by atoms with Crippen molar-refractivity contribution in [3.63, 3.8) is 0 Å². The minimum Gasteiger partial charge on any atom is -0.433 e. The fourth-order valence-corrected chi connectivity index (χ4v) is 5.01. The van der Waals surface area contributed by atoms with E-state index in [0.29, 0.717) is 0 Å². The summed E-state index contributed by atoms with van der Waals surface area (Å²) in [7, 11) is -2.04. The Morgan fingerprint density at radius 2 is 1.75 bits per heavy atom. The van der Waals surface area contributed by atoms with Crippen LogP contribution >= 0.6 is 0 Å². The number of ether oxygens (including phenoxy) is 4. The van der Waals surface area contributed by atoms with Gasteiger partial charge in [0.1, 0.15) is 30.2 Å². The molecule has 1 unspecified atom stereocenters. The highest BCUT2D eigenvalue weighted by Gasteiger charge is 2.60. The Hall–Kier alpha value is -3.83. The maximum Gasteiger partial charge on any atom is 0.508 e. The molecule has 3 atom stereocenters. The second-order valence-electron chi connectivity index (χ2n) is 8.95. The standard InChI is InChI=1S/C23H25N3O9S/c1-13-16(20(28)34-12-35-21(29)23(2,3)4)26-18(27)15(19(26)36(31)17(13)25-24)11-33-22(30)32-10-14-8-6-5-7-9-14/h5-9,15,19H,10-12H2,1-4H3/t15-,19+,36?/m0/s1. The quantitative estimate of drug-likeness (QED) is 0.172. The number of nitrogens with zero attached hydrogens (tertiary/aromatic N) is 3. The van der Waals surface area contributed by atoms with E-state index in [4.69, 9.17) is 18.9 Å². The molecule has 0 radical (unpaired) electrons. The van der Waals surface area contributed by atoms with E-state index in [0.717, 1.165) is 10.5 Å². The highest BCUT2D eigenvalue weighted by atomic mass is 32.2. The number of hydrogen-bond acceptors (Lipinski definition) is 9. The third-order valence-electron chi connectivity index (χ3n) is 5.34. The van der Waals surface area contributed by atoms with Crippen molar-refractivity contribution in [3.05, 3.63) is 52.7 Å². The predicted molar refractivity (Wildman–Crippen MR) is 123 cm³/mol. The van der Waals surface area contributed by atoms with Crippen molar-refractivity contribution >= 4 is 39.8 Å². The van der Waals surface area contributed by atoms with Gasteiger partial charge < -0.3 is 24.5 Å². The summed E-state index contributed by atoms with van der Waals surface area (Å²) in [4.78, 5) is 53.4. The minimum absolute atomic E-state index is 0.0429.